The quantitative estimate of drug-likeness (QED) is 0.110. The summed E-state index contributed by atoms with van der Waals surface area (Å²) in [5.41, 5.74) is 6.76. The van der Waals surface area contributed by atoms with Gasteiger partial charge in [-0.25, -0.2) is 4.98 Å². The zero-order valence-electron chi connectivity index (χ0n) is 25.7. The lowest BCUT2D eigenvalue weighted by atomic mass is 9.99. The number of carbonyl (C=O) groups excluding carboxylic acids is 1. The summed E-state index contributed by atoms with van der Waals surface area (Å²) in [5.74, 6) is -0.334. The zero-order chi connectivity index (χ0) is 32.6. The molecule has 0 spiro atoms. The first-order valence-electron chi connectivity index (χ1n) is 15.6. The van der Waals surface area contributed by atoms with E-state index >= 15 is 0 Å². The number of aliphatic hydroxyl groups excluding tert-OH is 1. The second kappa shape index (κ2) is 15.7. The summed E-state index contributed by atoms with van der Waals surface area (Å²) < 4.78 is 15.4. The Morgan fingerprint density at radius 3 is 2.45 bits per heavy atom. The van der Waals surface area contributed by atoms with Crippen LogP contribution in [0.3, 0.4) is 0 Å². The number of ether oxygens (including phenoxy) is 2. The fourth-order valence-corrected chi connectivity index (χ4v) is 7.63. The number of para-hydroxylation sites is 1. The molecule has 3 N–H and O–H groups in total. The fourth-order valence-electron chi connectivity index (χ4n) is 5.51. The predicted octanol–water partition coefficient (Wildman–Crippen LogP) is 7.66. The molecular weight excluding hydrogens is 633 g/mol. The van der Waals surface area contributed by atoms with Crippen LogP contribution in [0.4, 0.5) is 0 Å². The Morgan fingerprint density at radius 1 is 0.872 bits per heavy atom. The summed E-state index contributed by atoms with van der Waals surface area (Å²) in [5, 5.41) is 21.2. The van der Waals surface area contributed by atoms with Crippen molar-refractivity contribution in [3.63, 3.8) is 0 Å². The van der Waals surface area contributed by atoms with Crippen LogP contribution >= 0.6 is 23.1 Å². The Bertz CT molecular complexity index is 1790. The van der Waals surface area contributed by atoms with Crippen molar-refractivity contribution in [2.75, 3.05) is 5.75 Å². The summed E-state index contributed by atoms with van der Waals surface area (Å²) in [6.07, 6.45) is 0.315. The summed E-state index contributed by atoms with van der Waals surface area (Å²) in [7, 11) is 0. The van der Waals surface area contributed by atoms with E-state index in [0.29, 0.717) is 19.4 Å². The van der Waals surface area contributed by atoms with Crippen molar-refractivity contribution in [2.24, 2.45) is 0 Å². The molecule has 1 aromatic heterocycles. The SMILES string of the molecule is O=C(O)CCCC(=O)NCc1cccc(-c2cccc(C3OC(CSc4nc5ccccc5s4)CC(c4ccc(CO)cc4)O3)c2)c1. The van der Waals surface area contributed by atoms with Crippen molar-refractivity contribution < 1.29 is 29.3 Å². The highest BCUT2D eigenvalue weighted by Gasteiger charge is 2.32. The first-order valence-corrected chi connectivity index (χ1v) is 17.4. The Kier molecular flexibility index (Phi) is 11.0. The number of carbonyl (C=O) groups is 2. The molecule has 3 atom stereocenters. The maximum Gasteiger partial charge on any atom is 0.303 e. The number of thiazole rings is 1. The molecule has 5 aromatic rings. The van der Waals surface area contributed by atoms with Gasteiger partial charge in [0.15, 0.2) is 10.6 Å². The van der Waals surface area contributed by atoms with Crippen LogP contribution in [0.15, 0.2) is 101 Å². The summed E-state index contributed by atoms with van der Waals surface area (Å²) in [6.45, 7) is 0.352. The average molecular weight is 669 g/mol. The van der Waals surface area contributed by atoms with Gasteiger partial charge in [-0.15, -0.1) is 11.3 Å². The minimum absolute atomic E-state index is 0.00781. The van der Waals surface area contributed by atoms with Crippen molar-refractivity contribution in [3.05, 3.63) is 119 Å². The smallest absolute Gasteiger partial charge is 0.303 e. The molecule has 10 heteroatoms. The highest BCUT2D eigenvalue weighted by Crippen LogP contribution is 2.41. The third-order valence-electron chi connectivity index (χ3n) is 7.99. The molecule has 0 saturated carbocycles. The molecule has 2 heterocycles. The zero-order valence-corrected chi connectivity index (χ0v) is 27.3. The summed E-state index contributed by atoms with van der Waals surface area (Å²) in [4.78, 5) is 27.7. The first kappa shape index (κ1) is 32.9. The van der Waals surface area contributed by atoms with E-state index in [-0.39, 0.29) is 37.6 Å². The van der Waals surface area contributed by atoms with Crippen molar-refractivity contribution in [2.45, 2.75) is 61.7 Å². The predicted molar refractivity (Wildman–Crippen MR) is 184 cm³/mol. The summed E-state index contributed by atoms with van der Waals surface area (Å²) >= 11 is 3.40. The van der Waals surface area contributed by atoms with Gasteiger partial charge in [0.1, 0.15) is 0 Å². The lowest BCUT2D eigenvalue weighted by Crippen LogP contribution is -2.31. The lowest BCUT2D eigenvalue weighted by Gasteiger charge is -2.36. The van der Waals surface area contributed by atoms with Crippen LogP contribution in [-0.2, 0) is 32.2 Å². The van der Waals surface area contributed by atoms with Gasteiger partial charge in [0.2, 0.25) is 5.91 Å². The van der Waals surface area contributed by atoms with Crippen LogP contribution in [0.5, 0.6) is 0 Å². The van der Waals surface area contributed by atoms with E-state index < -0.39 is 12.3 Å². The molecular formula is C37H36N2O6S2. The Morgan fingerprint density at radius 2 is 1.66 bits per heavy atom. The average Bonchev–Trinajstić information content (AvgIpc) is 3.53. The van der Waals surface area contributed by atoms with Crippen LogP contribution in [0.1, 0.15) is 60.3 Å². The van der Waals surface area contributed by atoms with Crippen molar-refractivity contribution in [3.8, 4) is 11.1 Å². The number of rotatable bonds is 13. The standard InChI is InChI=1S/C37H36N2O6S2/c40-22-24-14-16-26(17-15-24)32-20-30(23-46-37-39-31-10-1-2-11-33(31)47-37)44-36(45-32)29-9-4-8-28(19-29)27-7-3-6-25(18-27)21-38-34(41)12-5-13-35(42)43/h1-4,6-11,14-19,30,32,36,40H,5,12-13,20-23H2,(H,38,41)(H,42,43). The monoisotopic (exact) mass is 668 g/mol. The maximum absolute atomic E-state index is 12.2. The van der Waals surface area contributed by atoms with Crippen molar-refractivity contribution in [1.29, 1.82) is 0 Å². The maximum atomic E-state index is 12.2. The minimum Gasteiger partial charge on any atom is -0.481 e. The first-order chi connectivity index (χ1) is 22.9. The van der Waals surface area contributed by atoms with Crippen LogP contribution in [0, 0.1) is 0 Å². The van der Waals surface area contributed by atoms with Crippen LogP contribution in [-0.4, -0.2) is 38.9 Å². The Balaban J connectivity index is 1.17. The molecule has 6 rings (SSSR count). The number of thioether (sulfide) groups is 1. The molecule has 4 aromatic carbocycles. The topological polar surface area (TPSA) is 118 Å². The van der Waals surface area contributed by atoms with Gasteiger partial charge in [-0.1, -0.05) is 84.6 Å². The van der Waals surface area contributed by atoms with Gasteiger partial charge < -0.3 is 25.0 Å². The number of amides is 1. The van der Waals surface area contributed by atoms with Gasteiger partial charge in [0, 0.05) is 37.1 Å². The van der Waals surface area contributed by atoms with Crippen LogP contribution in [0.25, 0.3) is 21.3 Å². The van der Waals surface area contributed by atoms with E-state index in [1.165, 1.54) is 4.70 Å². The van der Waals surface area contributed by atoms with E-state index in [0.717, 1.165) is 49.0 Å². The number of benzene rings is 4. The molecule has 1 amide bonds. The highest BCUT2D eigenvalue weighted by atomic mass is 32.2. The van der Waals surface area contributed by atoms with E-state index in [9.17, 15) is 14.7 Å². The highest BCUT2D eigenvalue weighted by molar-refractivity contribution is 8.01. The van der Waals surface area contributed by atoms with Crippen molar-refractivity contribution >= 4 is 45.2 Å². The molecule has 1 fully saturated rings. The van der Waals surface area contributed by atoms with Gasteiger partial charge in [0.05, 0.1) is 29.0 Å². The molecule has 8 nitrogen and oxygen atoms in total. The number of aliphatic carboxylic acids is 1. The number of nitrogens with one attached hydrogen (secondary N) is 1. The van der Waals surface area contributed by atoms with Crippen molar-refractivity contribution in [1.82, 2.24) is 10.3 Å². The van der Waals surface area contributed by atoms with Crippen LogP contribution < -0.4 is 5.32 Å². The molecule has 1 aliphatic rings. The van der Waals surface area contributed by atoms with Gasteiger partial charge in [-0.05, 0) is 58.5 Å². The lowest BCUT2D eigenvalue weighted by molar-refractivity contribution is -0.245. The van der Waals surface area contributed by atoms with Gasteiger partial charge in [-0.3, -0.25) is 9.59 Å². The number of hydrogen-bond donors (Lipinski definition) is 3. The van der Waals surface area contributed by atoms with Gasteiger partial charge >= 0.3 is 5.97 Å². The Labute approximate surface area is 281 Å². The number of nitrogens with zero attached hydrogens (tertiary/aromatic N) is 1. The Hall–Kier alpha value is -4.06. The molecule has 242 valence electrons. The number of fused-ring (bicyclic) bond motifs is 1. The van der Waals surface area contributed by atoms with E-state index in [2.05, 4.69) is 17.4 Å². The summed E-state index contributed by atoms with van der Waals surface area (Å²) in [6, 6.07) is 32.2. The number of carboxylic acids is 1. The second-order valence-electron chi connectivity index (χ2n) is 11.5. The third-order valence-corrected chi connectivity index (χ3v) is 10.3. The van der Waals surface area contributed by atoms with Crippen LogP contribution in [0.2, 0.25) is 0 Å². The molecule has 47 heavy (non-hydrogen) atoms. The van der Waals surface area contributed by atoms with E-state index in [4.69, 9.17) is 19.6 Å². The molecule has 0 aliphatic carbocycles. The van der Waals surface area contributed by atoms with E-state index in [1.54, 1.807) is 23.1 Å². The van der Waals surface area contributed by atoms with Gasteiger partial charge in [-0.2, -0.15) is 0 Å². The van der Waals surface area contributed by atoms with Gasteiger partial charge in [0.25, 0.3) is 0 Å². The third kappa shape index (κ3) is 8.85. The second-order valence-corrected chi connectivity index (χ2v) is 13.8. The normalized spacial score (nSPS) is 17.9. The largest absolute Gasteiger partial charge is 0.481 e. The molecule has 1 aliphatic heterocycles. The number of carboxylic acid groups (broad SMARTS) is 1. The molecule has 0 radical (unpaired) electrons. The fraction of sp³-hybridized carbons (Fsp3) is 0.270. The minimum atomic E-state index is -0.900. The number of hydrogen-bond acceptors (Lipinski definition) is 8. The molecule has 0 bridgehead atoms. The number of aromatic nitrogens is 1. The van der Waals surface area contributed by atoms with E-state index in [1.807, 2.05) is 84.9 Å². The molecule has 1 saturated heterocycles. The molecule has 3 unspecified atom stereocenters. The number of aliphatic hydroxyl groups is 1.